The largest absolute Gasteiger partial charge is 0.495 e. The number of aliphatic carboxylic acids is 1. The number of ether oxygens (including phenoxy) is 1. The molecule has 0 bridgehead atoms. The van der Waals surface area contributed by atoms with Crippen LogP contribution in [0, 0.1) is 5.92 Å². The Morgan fingerprint density at radius 3 is 2.47 bits per heavy atom. The second kappa shape index (κ2) is 4.65. The van der Waals surface area contributed by atoms with Crippen LogP contribution in [0.4, 0.5) is 5.69 Å². The van der Waals surface area contributed by atoms with E-state index in [0.29, 0.717) is 17.0 Å². The minimum Gasteiger partial charge on any atom is -0.495 e. The van der Waals surface area contributed by atoms with Crippen molar-refractivity contribution in [3.8, 4) is 5.75 Å². The van der Waals surface area contributed by atoms with Crippen LogP contribution in [0.2, 0.25) is 0 Å². The van der Waals surface area contributed by atoms with Gasteiger partial charge in [0.1, 0.15) is 5.75 Å². The molecule has 94 valence electrons. The first-order valence-electron chi connectivity index (χ1n) is 5.52. The van der Waals surface area contributed by atoms with Crippen molar-refractivity contribution in [2.45, 2.75) is 26.2 Å². The standard InChI is InChI=1S/C13H19NO3/c1-8(2)13(3,12(15)16)9-6-5-7-10(17-4)11(9)14/h5-8H,14H2,1-4H3,(H,15,16). The SMILES string of the molecule is COc1cccc(C(C)(C(=O)O)C(C)C)c1N. The zero-order valence-corrected chi connectivity index (χ0v) is 10.7. The Balaban J connectivity index is 3.45. The summed E-state index contributed by atoms with van der Waals surface area (Å²) in [7, 11) is 1.52. The molecule has 0 aliphatic heterocycles. The van der Waals surface area contributed by atoms with Gasteiger partial charge in [0, 0.05) is 0 Å². The van der Waals surface area contributed by atoms with Crippen LogP contribution in [-0.2, 0) is 10.2 Å². The van der Waals surface area contributed by atoms with Gasteiger partial charge in [0.25, 0.3) is 0 Å². The van der Waals surface area contributed by atoms with E-state index < -0.39 is 11.4 Å². The molecule has 3 N–H and O–H groups in total. The summed E-state index contributed by atoms with van der Waals surface area (Å²) in [4.78, 5) is 11.5. The zero-order chi connectivity index (χ0) is 13.2. The maximum absolute atomic E-state index is 11.5. The molecule has 0 amide bonds. The third kappa shape index (κ3) is 2.07. The number of methoxy groups -OCH3 is 1. The lowest BCUT2D eigenvalue weighted by atomic mass is 9.72. The van der Waals surface area contributed by atoms with E-state index in [1.165, 1.54) is 7.11 Å². The number of anilines is 1. The molecular formula is C13H19NO3. The molecule has 1 atom stereocenters. The third-order valence-corrected chi connectivity index (χ3v) is 3.44. The third-order valence-electron chi connectivity index (χ3n) is 3.44. The zero-order valence-electron chi connectivity index (χ0n) is 10.7. The van der Waals surface area contributed by atoms with Gasteiger partial charge in [0.05, 0.1) is 18.2 Å². The molecule has 1 rings (SSSR count). The number of rotatable bonds is 4. The van der Waals surface area contributed by atoms with Crippen LogP contribution in [0.5, 0.6) is 5.75 Å². The van der Waals surface area contributed by atoms with Crippen LogP contribution < -0.4 is 10.5 Å². The quantitative estimate of drug-likeness (QED) is 0.788. The maximum atomic E-state index is 11.5. The molecule has 0 aliphatic carbocycles. The number of benzene rings is 1. The number of nitrogen functional groups attached to an aromatic ring is 1. The van der Waals surface area contributed by atoms with Gasteiger partial charge in [-0.1, -0.05) is 26.0 Å². The summed E-state index contributed by atoms with van der Waals surface area (Å²) in [6.07, 6.45) is 0. The minimum atomic E-state index is -1.02. The van der Waals surface area contributed by atoms with Crippen molar-refractivity contribution in [1.29, 1.82) is 0 Å². The number of hydrogen-bond acceptors (Lipinski definition) is 3. The second-order valence-electron chi connectivity index (χ2n) is 4.58. The molecule has 0 fully saturated rings. The molecule has 0 radical (unpaired) electrons. The van der Waals surface area contributed by atoms with E-state index >= 15 is 0 Å². The van der Waals surface area contributed by atoms with Gasteiger partial charge in [-0.15, -0.1) is 0 Å². The van der Waals surface area contributed by atoms with Gasteiger partial charge in [-0.3, -0.25) is 4.79 Å². The summed E-state index contributed by atoms with van der Waals surface area (Å²) in [5, 5.41) is 9.45. The monoisotopic (exact) mass is 237 g/mol. The van der Waals surface area contributed by atoms with Crippen LogP contribution in [-0.4, -0.2) is 18.2 Å². The van der Waals surface area contributed by atoms with Crippen molar-refractivity contribution in [3.63, 3.8) is 0 Å². The molecule has 0 aromatic heterocycles. The lowest BCUT2D eigenvalue weighted by molar-refractivity contribution is -0.144. The highest BCUT2D eigenvalue weighted by atomic mass is 16.5. The number of carbonyl (C=O) groups is 1. The van der Waals surface area contributed by atoms with E-state index in [9.17, 15) is 9.90 Å². The fourth-order valence-electron chi connectivity index (χ4n) is 1.85. The Hall–Kier alpha value is -1.71. The number of carboxylic acid groups (broad SMARTS) is 1. The van der Waals surface area contributed by atoms with E-state index in [0.717, 1.165) is 0 Å². The first kappa shape index (κ1) is 13.4. The Bertz CT molecular complexity index is 429. The van der Waals surface area contributed by atoms with Gasteiger partial charge in [0.2, 0.25) is 0 Å². The van der Waals surface area contributed by atoms with Crippen LogP contribution in [0.25, 0.3) is 0 Å². The topological polar surface area (TPSA) is 72.5 Å². The van der Waals surface area contributed by atoms with E-state index in [1.54, 1.807) is 25.1 Å². The fourth-order valence-corrected chi connectivity index (χ4v) is 1.85. The molecule has 1 aromatic carbocycles. The second-order valence-corrected chi connectivity index (χ2v) is 4.58. The van der Waals surface area contributed by atoms with Crippen LogP contribution in [0.1, 0.15) is 26.3 Å². The molecule has 0 spiro atoms. The molecule has 4 nitrogen and oxygen atoms in total. The van der Waals surface area contributed by atoms with Crippen molar-refractivity contribution in [1.82, 2.24) is 0 Å². The average molecular weight is 237 g/mol. The lowest BCUT2D eigenvalue weighted by Gasteiger charge is -2.31. The van der Waals surface area contributed by atoms with Crippen molar-refractivity contribution in [2.75, 3.05) is 12.8 Å². The molecule has 0 saturated heterocycles. The molecule has 1 aromatic rings. The Labute approximate surface area is 101 Å². The highest BCUT2D eigenvalue weighted by Gasteiger charge is 2.40. The van der Waals surface area contributed by atoms with Crippen LogP contribution in [0.3, 0.4) is 0 Å². The average Bonchev–Trinajstić information content (AvgIpc) is 2.27. The maximum Gasteiger partial charge on any atom is 0.314 e. The Morgan fingerprint density at radius 2 is 2.06 bits per heavy atom. The highest BCUT2D eigenvalue weighted by molar-refractivity contribution is 5.84. The molecule has 0 heterocycles. The predicted octanol–water partition coefficient (Wildman–Crippen LogP) is 2.28. The van der Waals surface area contributed by atoms with Gasteiger partial charge in [0.15, 0.2) is 0 Å². The molecular weight excluding hydrogens is 218 g/mol. The van der Waals surface area contributed by atoms with E-state index in [2.05, 4.69) is 0 Å². The summed E-state index contributed by atoms with van der Waals surface area (Å²) >= 11 is 0. The predicted molar refractivity (Wildman–Crippen MR) is 67.2 cm³/mol. The van der Waals surface area contributed by atoms with Gasteiger partial charge in [-0.25, -0.2) is 0 Å². The Kier molecular flexibility index (Phi) is 3.66. The highest BCUT2D eigenvalue weighted by Crippen LogP contribution is 2.39. The molecule has 1 unspecified atom stereocenters. The van der Waals surface area contributed by atoms with Gasteiger partial charge >= 0.3 is 5.97 Å². The van der Waals surface area contributed by atoms with Gasteiger partial charge in [-0.2, -0.15) is 0 Å². The van der Waals surface area contributed by atoms with Crippen molar-refractivity contribution >= 4 is 11.7 Å². The first-order chi connectivity index (χ1) is 7.85. The van der Waals surface area contributed by atoms with E-state index in [-0.39, 0.29) is 5.92 Å². The smallest absolute Gasteiger partial charge is 0.314 e. The number of hydrogen-bond donors (Lipinski definition) is 2. The molecule has 17 heavy (non-hydrogen) atoms. The molecule has 0 saturated carbocycles. The minimum absolute atomic E-state index is 0.0746. The summed E-state index contributed by atoms with van der Waals surface area (Å²) in [6.45, 7) is 5.42. The summed E-state index contributed by atoms with van der Waals surface area (Å²) in [5.74, 6) is -0.447. The fraction of sp³-hybridized carbons (Fsp3) is 0.462. The van der Waals surface area contributed by atoms with Crippen molar-refractivity contribution in [2.24, 2.45) is 5.92 Å². The van der Waals surface area contributed by atoms with E-state index in [1.807, 2.05) is 13.8 Å². The summed E-state index contributed by atoms with van der Waals surface area (Å²) in [6, 6.07) is 5.22. The van der Waals surface area contributed by atoms with Crippen molar-refractivity contribution in [3.05, 3.63) is 23.8 Å². The van der Waals surface area contributed by atoms with Gasteiger partial charge < -0.3 is 15.6 Å². The molecule has 4 heteroatoms. The van der Waals surface area contributed by atoms with Crippen LogP contribution >= 0.6 is 0 Å². The number of carboxylic acids is 1. The van der Waals surface area contributed by atoms with Gasteiger partial charge in [-0.05, 0) is 24.5 Å². The summed E-state index contributed by atoms with van der Waals surface area (Å²) < 4.78 is 5.12. The van der Waals surface area contributed by atoms with Crippen molar-refractivity contribution < 1.29 is 14.6 Å². The molecule has 0 aliphatic rings. The van der Waals surface area contributed by atoms with Crippen LogP contribution in [0.15, 0.2) is 18.2 Å². The normalized spacial score (nSPS) is 14.4. The number of para-hydroxylation sites is 1. The lowest BCUT2D eigenvalue weighted by Crippen LogP contribution is -2.38. The summed E-state index contributed by atoms with van der Waals surface area (Å²) in [5.41, 5.74) is 5.95. The first-order valence-corrected chi connectivity index (χ1v) is 5.52. The van der Waals surface area contributed by atoms with E-state index in [4.69, 9.17) is 10.5 Å². The number of nitrogens with two attached hydrogens (primary N) is 1. The Morgan fingerprint density at radius 1 is 1.47 bits per heavy atom.